The minimum atomic E-state index is -3.35. The summed E-state index contributed by atoms with van der Waals surface area (Å²) in [7, 11) is -3.35. The van der Waals surface area contributed by atoms with Crippen molar-refractivity contribution in [1.29, 1.82) is 0 Å². The second-order valence-corrected chi connectivity index (χ2v) is 7.74. The highest BCUT2D eigenvalue weighted by molar-refractivity contribution is 7.88. The predicted octanol–water partition coefficient (Wildman–Crippen LogP) is 2.33. The van der Waals surface area contributed by atoms with Crippen LogP contribution in [0.4, 0.5) is 0 Å². The van der Waals surface area contributed by atoms with Crippen LogP contribution >= 0.6 is 0 Å². The van der Waals surface area contributed by atoms with Gasteiger partial charge in [-0.05, 0) is 36.5 Å². The van der Waals surface area contributed by atoms with Crippen molar-refractivity contribution in [3.05, 3.63) is 35.4 Å². The molecule has 2 rings (SSSR count). The van der Waals surface area contributed by atoms with Crippen LogP contribution in [0.5, 0.6) is 0 Å². The first kappa shape index (κ1) is 16.0. The molecule has 1 saturated heterocycles. The fourth-order valence-corrected chi connectivity index (χ4v) is 4.76. The van der Waals surface area contributed by atoms with E-state index in [1.807, 2.05) is 13.8 Å². The third kappa shape index (κ3) is 3.63. The number of hydrogen-bond acceptors (Lipinski definition) is 3. The summed E-state index contributed by atoms with van der Waals surface area (Å²) in [5.74, 6) is -0.781. The van der Waals surface area contributed by atoms with E-state index >= 15 is 0 Å². The molecule has 0 spiro atoms. The number of hydrogen-bond donors (Lipinski definition) is 1. The van der Waals surface area contributed by atoms with Crippen LogP contribution in [-0.4, -0.2) is 36.4 Å². The Morgan fingerprint density at radius 2 is 1.95 bits per heavy atom. The number of carbonyl (C=O) groups is 1. The van der Waals surface area contributed by atoms with Gasteiger partial charge in [-0.15, -0.1) is 0 Å². The summed E-state index contributed by atoms with van der Waals surface area (Å²) in [5, 5.41) is 8.85. The molecule has 0 amide bonds. The Morgan fingerprint density at radius 1 is 1.33 bits per heavy atom. The molecule has 1 heterocycles. The van der Waals surface area contributed by atoms with Crippen LogP contribution in [0.2, 0.25) is 0 Å². The summed E-state index contributed by atoms with van der Waals surface area (Å²) < 4.78 is 26.7. The predicted molar refractivity (Wildman–Crippen MR) is 80.6 cm³/mol. The molecule has 0 radical (unpaired) electrons. The zero-order valence-corrected chi connectivity index (χ0v) is 13.1. The standard InChI is InChI=1S/C15H21NO4S/c1-11(2)14-4-3-9-16(14)21(19,20)10-12-5-7-13(8-6-12)15(17)18/h5-8,11,14H,3-4,9-10H2,1-2H3,(H,17,18). The lowest BCUT2D eigenvalue weighted by Crippen LogP contribution is -2.39. The van der Waals surface area contributed by atoms with E-state index in [1.165, 1.54) is 12.1 Å². The van der Waals surface area contributed by atoms with Gasteiger partial charge in [0.25, 0.3) is 0 Å². The number of benzene rings is 1. The minimum absolute atomic E-state index is 0.0733. The number of aromatic carboxylic acids is 1. The van der Waals surface area contributed by atoms with Crippen molar-refractivity contribution in [1.82, 2.24) is 4.31 Å². The van der Waals surface area contributed by atoms with Crippen molar-refractivity contribution in [2.75, 3.05) is 6.54 Å². The highest BCUT2D eigenvalue weighted by Crippen LogP contribution is 2.28. The Balaban J connectivity index is 2.15. The summed E-state index contributed by atoms with van der Waals surface area (Å²) in [6.07, 6.45) is 1.81. The van der Waals surface area contributed by atoms with Crippen LogP contribution in [0.25, 0.3) is 0 Å². The number of carboxylic acid groups (broad SMARTS) is 1. The Labute approximate surface area is 125 Å². The number of rotatable bonds is 5. The maximum Gasteiger partial charge on any atom is 0.335 e. The largest absolute Gasteiger partial charge is 0.478 e. The molecule has 0 saturated carbocycles. The van der Waals surface area contributed by atoms with Gasteiger partial charge in [0.15, 0.2) is 0 Å². The molecule has 1 aliphatic rings. The van der Waals surface area contributed by atoms with Crippen molar-refractivity contribution in [3.8, 4) is 0 Å². The SMILES string of the molecule is CC(C)C1CCCN1S(=O)(=O)Cc1ccc(C(=O)O)cc1. The van der Waals surface area contributed by atoms with Gasteiger partial charge < -0.3 is 5.11 Å². The molecule has 6 heteroatoms. The van der Waals surface area contributed by atoms with Gasteiger partial charge in [-0.3, -0.25) is 0 Å². The van der Waals surface area contributed by atoms with Gasteiger partial charge in [0.2, 0.25) is 10.0 Å². The number of carboxylic acids is 1. The quantitative estimate of drug-likeness (QED) is 0.905. The highest BCUT2D eigenvalue weighted by atomic mass is 32.2. The molecule has 5 nitrogen and oxygen atoms in total. The third-order valence-corrected chi connectivity index (χ3v) is 5.79. The lowest BCUT2D eigenvalue weighted by atomic mass is 10.0. The summed E-state index contributed by atoms with van der Waals surface area (Å²) in [6.45, 7) is 4.67. The third-order valence-electron chi connectivity index (χ3n) is 3.93. The van der Waals surface area contributed by atoms with Crippen LogP contribution in [-0.2, 0) is 15.8 Å². The number of nitrogens with zero attached hydrogens (tertiary/aromatic N) is 1. The Kier molecular flexibility index (Phi) is 4.68. The van der Waals surface area contributed by atoms with Gasteiger partial charge in [-0.2, -0.15) is 4.31 Å². The van der Waals surface area contributed by atoms with E-state index in [4.69, 9.17) is 5.11 Å². The van der Waals surface area contributed by atoms with Crippen LogP contribution in [0.15, 0.2) is 24.3 Å². The molecule has 1 fully saturated rings. The van der Waals surface area contributed by atoms with Crippen molar-refractivity contribution in [2.24, 2.45) is 5.92 Å². The van der Waals surface area contributed by atoms with Crippen molar-refractivity contribution in [2.45, 2.75) is 38.5 Å². The molecule has 0 aliphatic carbocycles. The van der Waals surface area contributed by atoms with E-state index in [9.17, 15) is 13.2 Å². The summed E-state index contributed by atoms with van der Waals surface area (Å²) in [4.78, 5) is 10.8. The monoisotopic (exact) mass is 311 g/mol. The zero-order chi connectivity index (χ0) is 15.6. The molecular weight excluding hydrogens is 290 g/mol. The molecule has 116 valence electrons. The molecule has 1 unspecified atom stereocenters. The highest BCUT2D eigenvalue weighted by Gasteiger charge is 2.35. The van der Waals surface area contributed by atoms with Crippen molar-refractivity contribution < 1.29 is 18.3 Å². The van der Waals surface area contributed by atoms with Crippen LogP contribution < -0.4 is 0 Å². The second-order valence-electron chi connectivity index (χ2n) is 5.82. The lowest BCUT2D eigenvalue weighted by molar-refractivity contribution is 0.0697. The Morgan fingerprint density at radius 3 is 2.48 bits per heavy atom. The maximum atomic E-state index is 12.5. The fourth-order valence-electron chi connectivity index (χ4n) is 2.81. The Bertz CT molecular complexity index is 607. The van der Waals surface area contributed by atoms with Crippen LogP contribution in [0.3, 0.4) is 0 Å². The average molecular weight is 311 g/mol. The van der Waals surface area contributed by atoms with Gasteiger partial charge in [0, 0.05) is 12.6 Å². The molecular formula is C15H21NO4S. The topological polar surface area (TPSA) is 74.7 Å². The molecule has 1 N–H and O–H groups in total. The fraction of sp³-hybridized carbons (Fsp3) is 0.533. The average Bonchev–Trinajstić information content (AvgIpc) is 2.89. The minimum Gasteiger partial charge on any atom is -0.478 e. The lowest BCUT2D eigenvalue weighted by Gasteiger charge is -2.26. The maximum absolute atomic E-state index is 12.5. The molecule has 1 aromatic rings. The van der Waals surface area contributed by atoms with Crippen molar-refractivity contribution in [3.63, 3.8) is 0 Å². The molecule has 21 heavy (non-hydrogen) atoms. The van der Waals surface area contributed by atoms with Crippen LogP contribution in [0.1, 0.15) is 42.6 Å². The Hall–Kier alpha value is -1.40. The van der Waals surface area contributed by atoms with E-state index in [0.717, 1.165) is 12.8 Å². The van der Waals surface area contributed by atoms with E-state index in [-0.39, 0.29) is 17.4 Å². The van der Waals surface area contributed by atoms with E-state index in [0.29, 0.717) is 18.0 Å². The smallest absolute Gasteiger partial charge is 0.335 e. The first-order chi connectivity index (χ1) is 9.81. The normalized spacial score (nSPS) is 20.0. The van der Waals surface area contributed by atoms with Crippen molar-refractivity contribution >= 4 is 16.0 Å². The van der Waals surface area contributed by atoms with E-state index in [2.05, 4.69) is 0 Å². The molecule has 1 atom stereocenters. The summed E-state index contributed by atoms with van der Waals surface area (Å²) >= 11 is 0. The first-order valence-electron chi connectivity index (χ1n) is 7.13. The molecule has 0 bridgehead atoms. The van der Waals surface area contributed by atoms with Crippen LogP contribution in [0, 0.1) is 5.92 Å². The molecule has 1 aromatic carbocycles. The zero-order valence-electron chi connectivity index (χ0n) is 12.3. The van der Waals surface area contributed by atoms with Gasteiger partial charge in [0.1, 0.15) is 0 Å². The first-order valence-corrected chi connectivity index (χ1v) is 8.74. The van der Waals surface area contributed by atoms with Gasteiger partial charge >= 0.3 is 5.97 Å². The van der Waals surface area contributed by atoms with E-state index < -0.39 is 16.0 Å². The molecule has 0 aromatic heterocycles. The summed E-state index contributed by atoms with van der Waals surface area (Å²) in [6, 6.07) is 6.10. The summed E-state index contributed by atoms with van der Waals surface area (Å²) in [5.41, 5.74) is 0.784. The second kappa shape index (κ2) is 6.15. The number of sulfonamides is 1. The van der Waals surface area contributed by atoms with Gasteiger partial charge in [-0.25, -0.2) is 13.2 Å². The van der Waals surface area contributed by atoms with Gasteiger partial charge in [-0.1, -0.05) is 26.0 Å². The molecule has 1 aliphatic heterocycles. The van der Waals surface area contributed by atoms with E-state index in [1.54, 1.807) is 16.4 Å². The van der Waals surface area contributed by atoms with Gasteiger partial charge in [0.05, 0.1) is 11.3 Å².